The molecule has 1 aliphatic rings. The highest BCUT2D eigenvalue weighted by molar-refractivity contribution is 9.10. The quantitative estimate of drug-likeness (QED) is 0.859. The molecule has 0 atom stereocenters. The van der Waals surface area contributed by atoms with Crippen molar-refractivity contribution in [3.63, 3.8) is 0 Å². The number of hydrogen-bond donors (Lipinski definition) is 2. The molecule has 1 saturated carbocycles. The molecule has 2 rings (SSSR count). The summed E-state index contributed by atoms with van der Waals surface area (Å²) in [5.41, 5.74) is 1.73. The van der Waals surface area contributed by atoms with E-state index in [2.05, 4.69) is 28.2 Å². The number of carboxylic acids is 1. The first-order chi connectivity index (χ1) is 8.56. The van der Waals surface area contributed by atoms with Crippen molar-refractivity contribution in [1.29, 1.82) is 0 Å². The average Bonchev–Trinajstić information content (AvgIpc) is 2.27. The Kier molecular flexibility index (Phi) is 3.95. The Hall–Kier alpha value is -1.03. The fourth-order valence-corrected chi connectivity index (χ4v) is 2.97. The number of nitrogens with one attached hydrogen (secondary N) is 1. The SMILES string of the molecule is CCC1(CNc2ccc(C(=O)O)c(Br)c2)CCC1. The van der Waals surface area contributed by atoms with Crippen LogP contribution in [0.25, 0.3) is 0 Å². The molecule has 1 fully saturated rings. The van der Waals surface area contributed by atoms with E-state index >= 15 is 0 Å². The van der Waals surface area contributed by atoms with E-state index in [-0.39, 0.29) is 0 Å². The minimum atomic E-state index is -0.905. The second-order valence-corrected chi connectivity index (χ2v) is 5.91. The molecule has 1 aromatic rings. The Morgan fingerprint density at radius 1 is 1.50 bits per heavy atom. The van der Waals surface area contributed by atoms with Crippen LogP contribution in [-0.2, 0) is 0 Å². The first-order valence-corrected chi connectivity index (χ1v) is 7.12. The molecule has 0 bridgehead atoms. The van der Waals surface area contributed by atoms with Crippen molar-refractivity contribution in [3.05, 3.63) is 28.2 Å². The second kappa shape index (κ2) is 5.31. The molecule has 3 nitrogen and oxygen atoms in total. The molecule has 98 valence electrons. The smallest absolute Gasteiger partial charge is 0.336 e. The number of hydrogen-bond acceptors (Lipinski definition) is 2. The van der Waals surface area contributed by atoms with Gasteiger partial charge in [0, 0.05) is 16.7 Å². The maximum Gasteiger partial charge on any atom is 0.336 e. The van der Waals surface area contributed by atoms with Gasteiger partial charge in [0.15, 0.2) is 0 Å². The van der Waals surface area contributed by atoms with E-state index in [1.54, 1.807) is 6.07 Å². The van der Waals surface area contributed by atoms with Crippen LogP contribution in [0.3, 0.4) is 0 Å². The standard InChI is InChI=1S/C14H18BrNO2/c1-2-14(6-3-7-14)9-16-10-4-5-11(13(17)18)12(15)8-10/h4-5,8,16H,2-3,6-7,9H2,1H3,(H,17,18). The predicted octanol–water partition coefficient (Wildman–Crippen LogP) is 4.14. The Morgan fingerprint density at radius 3 is 2.67 bits per heavy atom. The molecule has 0 radical (unpaired) electrons. The number of carboxylic acid groups (broad SMARTS) is 1. The lowest BCUT2D eigenvalue weighted by molar-refractivity contribution is 0.0696. The van der Waals surface area contributed by atoms with Crippen molar-refractivity contribution in [2.45, 2.75) is 32.6 Å². The van der Waals surface area contributed by atoms with Gasteiger partial charge in [0.25, 0.3) is 0 Å². The van der Waals surface area contributed by atoms with Crippen LogP contribution in [0.2, 0.25) is 0 Å². The molecule has 0 spiro atoms. The van der Waals surface area contributed by atoms with Gasteiger partial charge >= 0.3 is 5.97 Å². The van der Waals surface area contributed by atoms with Crippen molar-refractivity contribution < 1.29 is 9.90 Å². The minimum Gasteiger partial charge on any atom is -0.478 e. The van der Waals surface area contributed by atoms with Crippen LogP contribution in [-0.4, -0.2) is 17.6 Å². The molecule has 1 aliphatic carbocycles. The summed E-state index contributed by atoms with van der Waals surface area (Å²) in [6.45, 7) is 3.21. The first-order valence-electron chi connectivity index (χ1n) is 6.33. The third-order valence-electron chi connectivity index (χ3n) is 4.03. The van der Waals surface area contributed by atoms with Gasteiger partial charge in [0.1, 0.15) is 0 Å². The molecule has 18 heavy (non-hydrogen) atoms. The highest BCUT2D eigenvalue weighted by Gasteiger charge is 2.34. The van der Waals surface area contributed by atoms with Crippen LogP contribution in [0.4, 0.5) is 5.69 Å². The van der Waals surface area contributed by atoms with Crippen LogP contribution >= 0.6 is 15.9 Å². The van der Waals surface area contributed by atoms with Gasteiger partial charge < -0.3 is 10.4 Å². The zero-order valence-corrected chi connectivity index (χ0v) is 12.1. The summed E-state index contributed by atoms with van der Waals surface area (Å²) in [7, 11) is 0. The Morgan fingerprint density at radius 2 is 2.22 bits per heavy atom. The largest absolute Gasteiger partial charge is 0.478 e. The molecule has 0 aromatic heterocycles. The van der Waals surface area contributed by atoms with Gasteiger partial charge in [-0.15, -0.1) is 0 Å². The van der Waals surface area contributed by atoms with Gasteiger partial charge in [-0.05, 0) is 58.8 Å². The zero-order chi connectivity index (χ0) is 13.2. The molecule has 2 N–H and O–H groups in total. The number of benzene rings is 1. The van der Waals surface area contributed by atoms with Gasteiger partial charge in [-0.25, -0.2) is 4.79 Å². The van der Waals surface area contributed by atoms with Crippen LogP contribution < -0.4 is 5.32 Å². The normalized spacial score (nSPS) is 17.0. The Labute approximate surface area is 116 Å². The first kappa shape index (κ1) is 13.4. The number of rotatable bonds is 5. The monoisotopic (exact) mass is 311 g/mol. The Bertz CT molecular complexity index is 450. The highest BCUT2D eigenvalue weighted by atomic mass is 79.9. The molecule has 0 aliphatic heterocycles. The fourth-order valence-electron chi connectivity index (χ4n) is 2.42. The van der Waals surface area contributed by atoms with Crippen LogP contribution in [0.15, 0.2) is 22.7 Å². The predicted molar refractivity (Wildman–Crippen MR) is 76.2 cm³/mol. The van der Waals surface area contributed by atoms with Gasteiger partial charge in [-0.1, -0.05) is 13.3 Å². The molecule has 0 saturated heterocycles. The molecular weight excluding hydrogens is 294 g/mol. The van der Waals surface area contributed by atoms with Gasteiger partial charge in [-0.2, -0.15) is 0 Å². The lowest BCUT2D eigenvalue weighted by atomic mass is 9.67. The van der Waals surface area contributed by atoms with Crippen molar-refractivity contribution in [3.8, 4) is 0 Å². The van der Waals surface area contributed by atoms with Crippen molar-refractivity contribution >= 4 is 27.6 Å². The number of carbonyl (C=O) groups is 1. The second-order valence-electron chi connectivity index (χ2n) is 5.06. The van der Waals surface area contributed by atoms with E-state index in [1.807, 2.05) is 12.1 Å². The molecule has 4 heteroatoms. The van der Waals surface area contributed by atoms with Crippen molar-refractivity contribution in [1.82, 2.24) is 0 Å². The van der Waals surface area contributed by atoms with Crippen LogP contribution in [0.1, 0.15) is 43.0 Å². The summed E-state index contributed by atoms with van der Waals surface area (Å²) in [5.74, 6) is -0.905. The minimum absolute atomic E-state index is 0.300. The van der Waals surface area contributed by atoms with E-state index in [1.165, 1.54) is 25.7 Å². The van der Waals surface area contributed by atoms with Crippen molar-refractivity contribution in [2.24, 2.45) is 5.41 Å². The molecular formula is C14H18BrNO2. The summed E-state index contributed by atoms with van der Waals surface area (Å²) < 4.78 is 0.624. The average molecular weight is 312 g/mol. The topological polar surface area (TPSA) is 49.3 Å². The van der Waals surface area contributed by atoms with E-state index in [4.69, 9.17) is 5.11 Å². The van der Waals surface area contributed by atoms with E-state index < -0.39 is 5.97 Å². The number of halogens is 1. The highest BCUT2D eigenvalue weighted by Crippen LogP contribution is 2.43. The molecule has 0 unspecified atom stereocenters. The lowest BCUT2D eigenvalue weighted by Gasteiger charge is -2.41. The Balaban J connectivity index is 2.02. The number of anilines is 1. The van der Waals surface area contributed by atoms with Crippen molar-refractivity contribution in [2.75, 3.05) is 11.9 Å². The summed E-state index contributed by atoms with van der Waals surface area (Å²) in [4.78, 5) is 10.9. The summed E-state index contributed by atoms with van der Waals surface area (Å²) >= 11 is 3.30. The summed E-state index contributed by atoms with van der Waals surface area (Å²) in [6, 6.07) is 5.30. The maximum absolute atomic E-state index is 10.9. The van der Waals surface area contributed by atoms with Crippen LogP contribution in [0, 0.1) is 5.41 Å². The molecule has 1 aromatic carbocycles. The van der Waals surface area contributed by atoms with E-state index in [0.29, 0.717) is 15.5 Å². The van der Waals surface area contributed by atoms with E-state index in [0.717, 1.165) is 12.2 Å². The lowest BCUT2D eigenvalue weighted by Crippen LogP contribution is -2.35. The summed E-state index contributed by atoms with van der Waals surface area (Å²) in [5, 5.41) is 12.4. The van der Waals surface area contributed by atoms with Gasteiger partial charge in [-0.3, -0.25) is 0 Å². The maximum atomic E-state index is 10.9. The molecule has 0 amide bonds. The third kappa shape index (κ3) is 2.69. The van der Waals surface area contributed by atoms with Gasteiger partial charge in [0.05, 0.1) is 5.56 Å². The third-order valence-corrected chi connectivity index (χ3v) is 4.69. The fraction of sp³-hybridized carbons (Fsp3) is 0.500. The summed E-state index contributed by atoms with van der Waals surface area (Å²) in [6.07, 6.45) is 5.13. The zero-order valence-electron chi connectivity index (χ0n) is 10.5. The van der Waals surface area contributed by atoms with E-state index in [9.17, 15) is 4.79 Å². The number of aromatic carboxylic acids is 1. The van der Waals surface area contributed by atoms with Gasteiger partial charge in [0.2, 0.25) is 0 Å². The van der Waals surface area contributed by atoms with Crippen LogP contribution in [0.5, 0.6) is 0 Å². The molecule has 0 heterocycles.